The maximum atomic E-state index is 12.3. The molecular weight excluding hydrogens is 222 g/mol. The molecule has 2 heteroatoms. The summed E-state index contributed by atoms with van der Waals surface area (Å²) in [6, 6.07) is 13.4. The van der Waals surface area contributed by atoms with Crippen LogP contribution in [0.1, 0.15) is 46.8 Å². The van der Waals surface area contributed by atoms with Crippen molar-refractivity contribution >= 4 is 5.78 Å². The largest absolute Gasteiger partial charge is 0.287 e. The summed E-state index contributed by atoms with van der Waals surface area (Å²) >= 11 is 0. The first-order valence-corrected chi connectivity index (χ1v) is 6.40. The van der Waals surface area contributed by atoms with Gasteiger partial charge in [0, 0.05) is 11.8 Å². The number of aromatic nitrogens is 1. The molecular formula is C16H15NO. The van der Waals surface area contributed by atoms with Gasteiger partial charge in [-0.05, 0) is 42.5 Å². The van der Waals surface area contributed by atoms with Gasteiger partial charge in [-0.2, -0.15) is 0 Å². The van der Waals surface area contributed by atoms with Gasteiger partial charge in [0.2, 0.25) is 5.78 Å². The maximum absolute atomic E-state index is 12.3. The van der Waals surface area contributed by atoms with Crippen LogP contribution >= 0.6 is 0 Å². The lowest BCUT2D eigenvalue weighted by molar-refractivity contribution is 0.103. The SMILES string of the molecule is O=C(c1cccc(C2CCC2)c1)c1ccccn1. The summed E-state index contributed by atoms with van der Waals surface area (Å²) in [7, 11) is 0. The van der Waals surface area contributed by atoms with Gasteiger partial charge in [0.1, 0.15) is 5.69 Å². The van der Waals surface area contributed by atoms with Crippen LogP contribution in [0.4, 0.5) is 0 Å². The number of carbonyl (C=O) groups excluding carboxylic acids is 1. The van der Waals surface area contributed by atoms with Gasteiger partial charge in [-0.15, -0.1) is 0 Å². The minimum atomic E-state index is 0.0109. The van der Waals surface area contributed by atoms with Gasteiger partial charge in [0.25, 0.3) is 0 Å². The molecule has 1 saturated carbocycles. The van der Waals surface area contributed by atoms with Gasteiger partial charge < -0.3 is 0 Å². The van der Waals surface area contributed by atoms with Crippen molar-refractivity contribution in [3.8, 4) is 0 Å². The molecule has 0 aliphatic heterocycles. The van der Waals surface area contributed by atoms with E-state index < -0.39 is 0 Å². The van der Waals surface area contributed by atoms with Crippen molar-refractivity contribution in [3.63, 3.8) is 0 Å². The maximum Gasteiger partial charge on any atom is 0.211 e. The highest BCUT2D eigenvalue weighted by Gasteiger charge is 2.20. The zero-order chi connectivity index (χ0) is 12.4. The van der Waals surface area contributed by atoms with E-state index in [4.69, 9.17) is 0 Å². The molecule has 2 aromatic rings. The molecule has 1 fully saturated rings. The highest BCUT2D eigenvalue weighted by Crippen LogP contribution is 2.36. The van der Waals surface area contributed by atoms with Crippen molar-refractivity contribution < 1.29 is 4.79 Å². The smallest absolute Gasteiger partial charge is 0.211 e. The third-order valence-electron chi connectivity index (χ3n) is 3.62. The van der Waals surface area contributed by atoms with E-state index >= 15 is 0 Å². The molecule has 1 aliphatic carbocycles. The molecule has 0 bridgehead atoms. The van der Waals surface area contributed by atoms with Crippen molar-refractivity contribution in [3.05, 3.63) is 65.5 Å². The summed E-state index contributed by atoms with van der Waals surface area (Å²) in [5, 5.41) is 0. The van der Waals surface area contributed by atoms with E-state index in [0.717, 1.165) is 5.56 Å². The number of benzene rings is 1. The van der Waals surface area contributed by atoms with Crippen LogP contribution in [-0.2, 0) is 0 Å². The summed E-state index contributed by atoms with van der Waals surface area (Å²) in [6.45, 7) is 0. The first-order chi connectivity index (χ1) is 8.84. The van der Waals surface area contributed by atoms with E-state index in [9.17, 15) is 4.79 Å². The Morgan fingerprint density at radius 3 is 2.67 bits per heavy atom. The molecule has 1 aliphatic rings. The van der Waals surface area contributed by atoms with Gasteiger partial charge in [-0.3, -0.25) is 9.78 Å². The predicted octanol–water partition coefficient (Wildman–Crippen LogP) is 3.58. The number of rotatable bonds is 3. The Morgan fingerprint density at radius 2 is 2.00 bits per heavy atom. The first-order valence-electron chi connectivity index (χ1n) is 6.40. The third kappa shape index (κ3) is 2.06. The predicted molar refractivity (Wildman–Crippen MR) is 70.7 cm³/mol. The van der Waals surface area contributed by atoms with Crippen LogP contribution in [0.2, 0.25) is 0 Å². The fourth-order valence-electron chi connectivity index (χ4n) is 2.32. The average molecular weight is 237 g/mol. The van der Waals surface area contributed by atoms with Crippen LogP contribution in [0.25, 0.3) is 0 Å². The standard InChI is InChI=1S/C16H15NO/c18-16(15-9-1-2-10-17-15)14-8-4-7-13(11-14)12-5-3-6-12/h1-2,4,7-12H,3,5-6H2. The molecule has 0 atom stereocenters. The Bertz CT molecular complexity index is 558. The first kappa shape index (κ1) is 11.1. The highest BCUT2D eigenvalue weighted by molar-refractivity contribution is 6.07. The van der Waals surface area contributed by atoms with Crippen LogP contribution in [0, 0.1) is 0 Å². The molecule has 2 nitrogen and oxygen atoms in total. The number of hydrogen-bond donors (Lipinski definition) is 0. The van der Waals surface area contributed by atoms with Crippen molar-refractivity contribution in [2.24, 2.45) is 0 Å². The summed E-state index contributed by atoms with van der Waals surface area (Å²) < 4.78 is 0. The van der Waals surface area contributed by atoms with Gasteiger partial charge in [0.05, 0.1) is 0 Å². The van der Waals surface area contributed by atoms with Crippen LogP contribution < -0.4 is 0 Å². The van der Waals surface area contributed by atoms with Crippen molar-refractivity contribution in [1.29, 1.82) is 0 Å². The molecule has 0 unspecified atom stereocenters. The monoisotopic (exact) mass is 237 g/mol. The molecule has 1 aromatic heterocycles. The lowest BCUT2D eigenvalue weighted by Gasteiger charge is -2.26. The molecule has 1 aromatic carbocycles. The fourth-order valence-corrected chi connectivity index (χ4v) is 2.32. The van der Waals surface area contributed by atoms with Gasteiger partial charge >= 0.3 is 0 Å². The molecule has 0 spiro atoms. The van der Waals surface area contributed by atoms with E-state index in [1.165, 1.54) is 24.8 Å². The van der Waals surface area contributed by atoms with Crippen LogP contribution in [0.5, 0.6) is 0 Å². The Hall–Kier alpha value is -1.96. The van der Waals surface area contributed by atoms with Crippen LogP contribution in [-0.4, -0.2) is 10.8 Å². The minimum absolute atomic E-state index is 0.0109. The van der Waals surface area contributed by atoms with Crippen LogP contribution in [0.3, 0.4) is 0 Å². The Labute approximate surface area is 107 Å². The quantitative estimate of drug-likeness (QED) is 0.764. The number of hydrogen-bond acceptors (Lipinski definition) is 2. The number of pyridine rings is 1. The molecule has 0 radical (unpaired) electrons. The highest BCUT2D eigenvalue weighted by atomic mass is 16.1. The summed E-state index contributed by atoms with van der Waals surface area (Å²) in [6.07, 6.45) is 5.47. The van der Waals surface area contributed by atoms with E-state index in [1.54, 1.807) is 12.3 Å². The summed E-state index contributed by atoms with van der Waals surface area (Å²) in [5.74, 6) is 0.665. The zero-order valence-electron chi connectivity index (χ0n) is 10.2. The van der Waals surface area contributed by atoms with Gasteiger partial charge in [-0.25, -0.2) is 0 Å². The minimum Gasteiger partial charge on any atom is -0.287 e. The summed E-state index contributed by atoms with van der Waals surface area (Å²) in [4.78, 5) is 16.4. The molecule has 3 rings (SSSR count). The van der Waals surface area contributed by atoms with E-state index in [1.807, 2.05) is 30.3 Å². The molecule has 0 N–H and O–H groups in total. The molecule has 0 saturated heterocycles. The fraction of sp³-hybridized carbons (Fsp3) is 0.250. The Morgan fingerprint density at radius 1 is 1.11 bits per heavy atom. The second kappa shape index (κ2) is 4.73. The normalized spacial score (nSPS) is 15.1. The number of carbonyl (C=O) groups is 1. The van der Waals surface area contributed by atoms with Crippen molar-refractivity contribution in [2.45, 2.75) is 25.2 Å². The van der Waals surface area contributed by atoms with Gasteiger partial charge in [-0.1, -0.05) is 30.7 Å². The zero-order valence-corrected chi connectivity index (χ0v) is 10.2. The molecule has 18 heavy (non-hydrogen) atoms. The average Bonchev–Trinajstić information content (AvgIpc) is 2.37. The lowest BCUT2D eigenvalue weighted by Crippen LogP contribution is -2.10. The number of ketones is 1. The Kier molecular flexibility index (Phi) is 2.93. The summed E-state index contributed by atoms with van der Waals surface area (Å²) in [5.41, 5.74) is 2.56. The molecule has 0 amide bonds. The molecule has 1 heterocycles. The lowest BCUT2D eigenvalue weighted by atomic mass is 9.79. The van der Waals surface area contributed by atoms with E-state index in [2.05, 4.69) is 11.1 Å². The van der Waals surface area contributed by atoms with E-state index in [-0.39, 0.29) is 5.78 Å². The van der Waals surface area contributed by atoms with E-state index in [0.29, 0.717) is 11.6 Å². The number of nitrogens with zero attached hydrogens (tertiary/aromatic N) is 1. The second-order valence-corrected chi connectivity index (χ2v) is 4.80. The van der Waals surface area contributed by atoms with Crippen molar-refractivity contribution in [1.82, 2.24) is 4.98 Å². The second-order valence-electron chi connectivity index (χ2n) is 4.80. The molecule has 90 valence electrons. The third-order valence-corrected chi connectivity index (χ3v) is 3.62. The van der Waals surface area contributed by atoms with Gasteiger partial charge in [0.15, 0.2) is 0 Å². The van der Waals surface area contributed by atoms with Crippen molar-refractivity contribution in [2.75, 3.05) is 0 Å². The Balaban J connectivity index is 1.90. The van der Waals surface area contributed by atoms with Crippen LogP contribution in [0.15, 0.2) is 48.7 Å². The topological polar surface area (TPSA) is 30.0 Å².